The van der Waals surface area contributed by atoms with Gasteiger partial charge in [-0.15, -0.1) is 0 Å². The molecule has 3 amide bonds. The van der Waals surface area contributed by atoms with Crippen molar-refractivity contribution < 1.29 is 18.8 Å². The van der Waals surface area contributed by atoms with Crippen molar-refractivity contribution >= 4 is 23.4 Å². The summed E-state index contributed by atoms with van der Waals surface area (Å²) in [6.07, 6.45) is 0.0801. The Morgan fingerprint density at radius 3 is 2.31 bits per heavy atom. The van der Waals surface area contributed by atoms with E-state index in [0.717, 1.165) is 13.1 Å². The number of likely N-dealkylation sites (N-methyl/N-ethyl adjacent to an activating group) is 1. The molecule has 1 aromatic carbocycles. The normalized spacial score (nSPS) is 21.6. The van der Waals surface area contributed by atoms with Gasteiger partial charge in [0.1, 0.15) is 11.9 Å². The molecule has 29 heavy (non-hydrogen) atoms. The molecule has 158 valence electrons. The third-order valence-electron chi connectivity index (χ3n) is 5.68. The van der Waals surface area contributed by atoms with Gasteiger partial charge in [-0.25, -0.2) is 4.39 Å². The molecule has 0 aliphatic carbocycles. The molecular weight excluding hydrogens is 375 g/mol. The molecule has 3 rings (SSSR count). The summed E-state index contributed by atoms with van der Waals surface area (Å²) >= 11 is 0. The predicted octanol–water partition coefficient (Wildman–Crippen LogP) is 1.09. The molecular formula is C21H29FN4O3. The fourth-order valence-corrected chi connectivity index (χ4v) is 3.76. The van der Waals surface area contributed by atoms with Crippen molar-refractivity contribution in [1.29, 1.82) is 0 Å². The molecule has 1 aromatic rings. The zero-order chi connectivity index (χ0) is 21.1. The Kier molecular flexibility index (Phi) is 6.52. The van der Waals surface area contributed by atoms with Crippen LogP contribution in [0, 0.1) is 17.7 Å². The van der Waals surface area contributed by atoms with Crippen LogP contribution in [0.15, 0.2) is 24.3 Å². The summed E-state index contributed by atoms with van der Waals surface area (Å²) in [5.41, 5.74) is 0.570. The maximum Gasteiger partial charge on any atom is 0.245 e. The van der Waals surface area contributed by atoms with Gasteiger partial charge >= 0.3 is 0 Å². The van der Waals surface area contributed by atoms with Crippen LogP contribution in [-0.4, -0.2) is 73.3 Å². The van der Waals surface area contributed by atoms with Gasteiger partial charge < -0.3 is 20.0 Å². The molecule has 7 nitrogen and oxygen atoms in total. The van der Waals surface area contributed by atoms with Crippen molar-refractivity contribution in [3.63, 3.8) is 0 Å². The van der Waals surface area contributed by atoms with Crippen molar-refractivity contribution in [3.8, 4) is 0 Å². The van der Waals surface area contributed by atoms with Crippen molar-refractivity contribution in [1.82, 2.24) is 15.1 Å². The molecule has 2 saturated heterocycles. The minimum Gasteiger partial charge on any atom is -0.344 e. The fraction of sp³-hybridized carbons (Fsp3) is 0.571. The Morgan fingerprint density at radius 1 is 1.10 bits per heavy atom. The van der Waals surface area contributed by atoms with Crippen LogP contribution in [0.25, 0.3) is 0 Å². The monoisotopic (exact) mass is 404 g/mol. The van der Waals surface area contributed by atoms with Crippen LogP contribution in [0.3, 0.4) is 0 Å². The number of benzene rings is 1. The van der Waals surface area contributed by atoms with Gasteiger partial charge in [0.2, 0.25) is 17.7 Å². The van der Waals surface area contributed by atoms with Crippen LogP contribution >= 0.6 is 0 Å². The van der Waals surface area contributed by atoms with Crippen LogP contribution < -0.4 is 10.2 Å². The molecule has 8 heteroatoms. The zero-order valence-corrected chi connectivity index (χ0v) is 17.2. The SMILES string of the molecule is CC(C)C(NC(=O)C1CC(=O)N(c2ccc(F)cc2)C1)C(=O)N1CCN(C)CC1. The van der Waals surface area contributed by atoms with Crippen molar-refractivity contribution in [2.75, 3.05) is 44.7 Å². The Morgan fingerprint density at radius 2 is 1.72 bits per heavy atom. The summed E-state index contributed by atoms with van der Waals surface area (Å²) in [7, 11) is 2.02. The van der Waals surface area contributed by atoms with E-state index in [0.29, 0.717) is 18.8 Å². The van der Waals surface area contributed by atoms with E-state index in [1.54, 1.807) is 4.90 Å². The second kappa shape index (κ2) is 8.90. The highest BCUT2D eigenvalue weighted by Crippen LogP contribution is 2.25. The number of halogens is 1. The van der Waals surface area contributed by atoms with Crippen molar-refractivity contribution in [2.24, 2.45) is 11.8 Å². The predicted molar refractivity (Wildman–Crippen MR) is 108 cm³/mol. The van der Waals surface area contributed by atoms with Crippen molar-refractivity contribution in [3.05, 3.63) is 30.1 Å². The fourth-order valence-electron chi connectivity index (χ4n) is 3.76. The lowest BCUT2D eigenvalue weighted by Crippen LogP contribution is -2.56. The Hall–Kier alpha value is -2.48. The minimum atomic E-state index is -0.610. The Bertz CT molecular complexity index is 760. The van der Waals surface area contributed by atoms with Crippen LogP contribution in [0.1, 0.15) is 20.3 Å². The lowest BCUT2D eigenvalue weighted by Gasteiger charge is -2.36. The number of anilines is 1. The van der Waals surface area contributed by atoms with E-state index in [9.17, 15) is 18.8 Å². The number of amides is 3. The summed E-state index contributed by atoms with van der Waals surface area (Å²) < 4.78 is 13.1. The van der Waals surface area contributed by atoms with E-state index in [4.69, 9.17) is 0 Å². The molecule has 0 spiro atoms. The molecule has 0 bridgehead atoms. The van der Waals surface area contributed by atoms with Gasteiger partial charge in [0.25, 0.3) is 0 Å². The van der Waals surface area contributed by atoms with E-state index in [2.05, 4.69) is 10.2 Å². The van der Waals surface area contributed by atoms with Gasteiger partial charge in [-0.05, 0) is 37.2 Å². The number of carbonyl (C=O) groups is 3. The summed E-state index contributed by atoms with van der Waals surface area (Å²) in [6, 6.07) is 5.03. The maximum absolute atomic E-state index is 13.1. The average molecular weight is 404 g/mol. The number of rotatable bonds is 5. The lowest BCUT2D eigenvalue weighted by atomic mass is 10.00. The third kappa shape index (κ3) is 4.93. The van der Waals surface area contributed by atoms with Crippen LogP contribution in [0.2, 0.25) is 0 Å². The number of piperazine rings is 1. The highest BCUT2D eigenvalue weighted by atomic mass is 19.1. The van der Waals surface area contributed by atoms with E-state index >= 15 is 0 Å². The van der Waals surface area contributed by atoms with Crippen LogP contribution in [0.4, 0.5) is 10.1 Å². The van der Waals surface area contributed by atoms with Gasteiger partial charge in [-0.3, -0.25) is 14.4 Å². The average Bonchev–Trinajstić information content (AvgIpc) is 3.08. The minimum absolute atomic E-state index is 0.0589. The lowest BCUT2D eigenvalue weighted by molar-refractivity contribution is -0.139. The first-order valence-electron chi connectivity index (χ1n) is 10.1. The third-order valence-corrected chi connectivity index (χ3v) is 5.68. The molecule has 2 fully saturated rings. The molecule has 2 aliphatic rings. The van der Waals surface area contributed by atoms with Gasteiger partial charge in [-0.1, -0.05) is 13.8 Å². The number of nitrogens with zero attached hydrogens (tertiary/aromatic N) is 3. The highest BCUT2D eigenvalue weighted by molar-refractivity contribution is 6.01. The Labute approximate surface area is 170 Å². The molecule has 0 aromatic heterocycles. The molecule has 0 saturated carbocycles. The van der Waals surface area contributed by atoms with E-state index in [1.807, 2.05) is 20.9 Å². The Balaban J connectivity index is 1.63. The second-order valence-electron chi connectivity index (χ2n) is 8.24. The quantitative estimate of drug-likeness (QED) is 0.798. The second-order valence-corrected chi connectivity index (χ2v) is 8.24. The summed E-state index contributed by atoms with van der Waals surface area (Å²) in [5.74, 6) is -1.50. The van der Waals surface area contributed by atoms with Gasteiger partial charge in [0.05, 0.1) is 5.92 Å². The van der Waals surface area contributed by atoms with Gasteiger partial charge in [-0.2, -0.15) is 0 Å². The first-order chi connectivity index (χ1) is 13.8. The summed E-state index contributed by atoms with van der Waals surface area (Å²) in [5, 5.41) is 2.89. The number of hydrogen-bond acceptors (Lipinski definition) is 4. The van der Waals surface area contributed by atoms with Gasteiger partial charge in [0, 0.05) is 44.8 Å². The molecule has 1 N–H and O–H groups in total. The topological polar surface area (TPSA) is 73.0 Å². The number of carbonyl (C=O) groups excluding carboxylic acids is 3. The van der Waals surface area contributed by atoms with E-state index < -0.39 is 12.0 Å². The van der Waals surface area contributed by atoms with Crippen LogP contribution in [0.5, 0.6) is 0 Å². The molecule has 2 heterocycles. The summed E-state index contributed by atoms with van der Waals surface area (Å²) in [6.45, 7) is 6.96. The molecule has 0 radical (unpaired) electrons. The van der Waals surface area contributed by atoms with E-state index in [1.165, 1.54) is 29.2 Å². The van der Waals surface area contributed by atoms with Crippen LogP contribution in [-0.2, 0) is 14.4 Å². The first-order valence-corrected chi connectivity index (χ1v) is 10.1. The standard InChI is InChI=1S/C21H29FN4O3/c1-14(2)19(21(29)25-10-8-24(3)9-11-25)23-20(28)15-12-18(27)26(13-15)17-6-4-16(22)5-7-17/h4-7,14-15,19H,8-13H2,1-3H3,(H,23,28). The maximum atomic E-state index is 13.1. The molecule has 2 aliphatic heterocycles. The smallest absolute Gasteiger partial charge is 0.245 e. The molecule has 2 atom stereocenters. The van der Waals surface area contributed by atoms with E-state index in [-0.39, 0.29) is 42.4 Å². The summed E-state index contributed by atoms with van der Waals surface area (Å²) in [4.78, 5) is 43.6. The number of hydrogen-bond donors (Lipinski definition) is 1. The van der Waals surface area contributed by atoms with Gasteiger partial charge in [0.15, 0.2) is 0 Å². The molecule has 2 unspecified atom stereocenters. The largest absolute Gasteiger partial charge is 0.344 e. The first kappa shape index (κ1) is 21.2. The highest BCUT2D eigenvalue weighted by Gasteiger charge is 2.38. The zero-order valence-electron chi connectivity index (χ0n) is 17.2. The number of nitrogens with one attached hydrogen (secondary N) is 1. The van der Waals surface area contributed by atoms with Crippen molar-refractivity contribution in [2.45, 2.75) is 26.3 Å².